The van der Waals surface area contributed by atoms with Crippen molar-refractivity contribution in [3.8, 4) is 0 Å². The second-order valence-corrected chi connectivity index (χ2v) is 7.56. The van der Waals surface area contributed by atoms with Crippen molar-refractivity contribution < 1.29 is 22.0 Å². The Morgan fingerprint density at radius 2 is 1.80 bits per heavy atom. The molecule has 7 nitrogen and oxygen atoms in total. The average Bonchev–Trinajstić information content (AvgIpc) is 3.01. The molecule has 3 rings (SSSR count). The van der Waals surface area contributed by atoms with Crippen molar-refractivity contribution in [2.45, 2.75) is 10.7 Å². The number of alkyl halides is 2. The summed E-state index contributed by atoms with van der Waals surface area (Å²) in [5.74, 6) is -3.58. The van der Waals surface area contributed by atoms with Crippen LogP contribution in [0.2, 0.25) is 0 Å². The topological polar surface area (TPSA) is 75.5 Å². The maximum Gasteiger partial charge on any atom is 0.341 e. The Bertz CT molecular complexity index is 880. The molecule has 1 fully saturated rings. The van der Waals surface area contributed by atoms with Crippen LogP contribution in [0.3, 0.4) is 0 Å². The average molecular weight is 370 g/mol. The Kier molecular flexibility index (Phi) is 4.46. The lowest BCUT2D eigenvalue weighted by Gasteiger charge is -2.35. The molecule has 1 saturated heterocycles. The third-order valence-corrected chi connectivity index (χ3v) is 5.39. The van der Waals surface area contributed by atoms with Gasteiger partial charge in [0.15, 0.2) is 0 Å². The van der Waals surface area contributed by atoms with Crippen LogP contribution in [0.4, 0.5) is 20.2 Å². The molecule has 0 radical (unpaired) electrons. The minimum atomic E-state index is -4.61. The normalized spacial score (nSPS) is 15.9. The van der Waals surface area contributed by atoms with Crippen molar-refractivity contribution in [1.29, 1.82) is 0 Å². The predicted octanol–water partition coefficient (Wildman–Crippen LogP) is 1.27. The summed E-state index contributed by atoms with van der Waals surface area (Å²) >= 11 is 0. The maximum atomic E-state index is 12.6. The van der Waals surface area contributed by atoms with Gasteiger partial charge in [-0.3, -0.25) is 9.48 Å². The number of halogens is 2. The molecule has 1 aromatic carbocycles. The number of aromatic nitrogens is 2. The van der Waals surface area contributed by atoms with E-state index in [0.717, 1.165) is 12.1 Å². The van der Waals surface area contributed by atoms with Gasteiger partial charge in [-0.1, -0.05) is 0 Å². The summed E-state index contributed by atoms with van der Waals surface area (Å²) in [7, 11) is -2.85. The second kappa shape index (κ2) is 6.43. The molecule has 1 aliphatic rings. The maximum absolute atomic E-state index is 12.6. The van der Waals surface area contributed by atoms with E-state index in [2.05, 4.69) is 5.10 Å². The van der Waals surface area contributed by atoms with Crippen molar-refractivity contribution in [2.24, 2.45) is 7.05 Å². The molecular weight excluding hydrogens is 354 g/mol. The number of aryl methyl sites for hydroxylation is 1. The van der Waals surface area contributed by atoms with Crippen molar-refractivity contribution in [2.75, 3.05) is 29.4 Å². The number of amides is 1. The Morgan fingerprint density at radius 3 is 2.32 bits per heavy atom. The SMILES string of the molecule is Cn1cc(N2CCN(c3ccc(S(=O)(=O)C(F)F)cc3)CC2=O)cn1. The standard InChI is InChI=1S/C15H16F2N4O3S/c1-19-9-12(8-18-19)21-7-6-20(10-14(21)22)11-2-4-13(5-3-11)25(23,24)15(16)17/h2-5,8-9,15H,6-7,10H2,1H3. The molecule has 134 valence electrons. The molecule has 0 atom stereocenters. The highest BCUT2D eigenvalue weighted by atomic mass is 32.2. The van der Waals surface area contributed by atoms with E-state index >= 15 is 0 Å². The summed E-state index contributed by atoms with van der Waals surface area (Å²) in [6.07, 6.45) is 3.36. The fourth-order valence-electron chi connectivity index (χ4n) is 2.66. The van der Waals surface area contributed by atoms with E-state index in [1.165, 1.54) is 12.1 Å². The van der Waals surface area contributed by atoms with Gasteiger partial charge in [0.05, 0.1) is 23.3 Å². The Labute approximate surface area is 143 Å². The van der Waals surface area contributed by atoms with Gasteiger partial charge in [0.2, 0.25) is 15.7 Å². The lowest BCUT2D eigenvalue weighted by Crippen LogP contribution is -2.50. The van der Waals surface area contributed by atoms with Gasteiger partial charge in [0, 0.05) is 32.0 Å². The number of carbonyl (C=O) groups excluding carboxylic acids is 1. The number of carbonyl (C=O) groups is 1. The molecule has 25 heavy (non-hydrogen) atoms. The number of hydrogen-bond donors (Lipinski definition) is 0. The Balaban J connectivity index is 1.73. The first-order valence-electron chi connectivity index (χ1n) is 7.45. The third-order valence-electron chi connectivity index (χ3n) is 3.99. The molecule has 2 heterocycles. The number of benzene rings is 1. The van der Waals surface area contributed by atoms with Gasteiger partial charge in [0.25, 0.3) is 0 Å². The summed E-state index contributed by atoms with van der Waals surface area (Å²) in [5, 5.41) is 4.04. The van der Waals surface area contributed by atoms with Crippen LogP contribution in [0.5, 0.6) is 0 Å². The second-order valence-electron chi connectivity index (χ2n) is 5.64. The van der Waals surface area contributed by atoms with Gasteiger partial charge in [0.1, 0.15) is 0 Å². The van der Waals surface area contributed by atoms with Crippen LogP contribution in [0.15, 0.2) is 41.6 Å². The van der Waals surface area contributed by atoms with Crippen molar-refractivity contribution >= 4 is 27.1 Å². The van der Waals surface area contributed by atoms with Crippen LogP contribution in [0.1, 0.15) is 0 Å². The number of hydrogen-bond acceptors (Lipinski definition) is 5. The van der Waals surface area contributed by atoms with Gasteiger partial charge in [-0.15, -0.1) is 0 Å². The minimum Gasteiger partial charge on any atom is -0.360 e. The smallest absolute Gasteiger partial charge is 0.341 e. The predicted molar refractivity (Wildman–Crippen MR) is 87.4 cm³/mol. The molecule has 10 heteroatoms. The minimum absolute atomic E-state index is 0.107. The number of nitrogens with zero attached hydrogens (tertiary/aromatic N) is 4. The van der Waals surface area contributed by atoms with Crippen LogP contribution in [-0.4, -0.2) is 49.5 Å². The van der Waals surface area contributed by atoms with Crippen LogP contribution >= 0.6 is 0 Å². The quantitative estimate of drug-likeness (QED) is 0.810. The summed E-state index contributed by atoms with van der Waals surface area (Å²) in [5.41, 5.74) is 1.32. The zero-order valence-corrected chi connectivity index (χ0v) is 14.2. The van der Waals surface area contributed by atoms with E-state index in [9.17, 15) is 22.0 Å². The molecule has 1 amide bonds. The van der Waals surface area contributed by atoms with Crippen molar-refractivity contribution in [1.82, 2.24) is 9.78 Å². The molecule has 0 unspecified atom stereocenters. The summed E-state index contributed by atoms with van der Waals surface area (Å²) < 4.78 is 49.6. The Hall–Kier alpha value is -2.49. The van der Waals surface area contributed by atoms with E-state index < -0.39 is 20.5 Å². The number of sulfone groups is 1. The lowest BCUT2D eigenvalue weighted by molar-refractivity contribution is -0.117. The lowest BCUT2D eigenvalue weighted by atomic mass is 10.2. The van der Waals surface area contributed by atoms with Crippen molar-refractivity contribution in [3.05, 3.63) is 36.7 Å². The molecular formula is C15H16F2N4O3S. The zero-order valence-electron chi connectivity index (χ0n) is 13.3. The van der Waals surface area contributed by atoms with Crippen molar-refractivity contribution in [3.63, 3.8) is 0 Å². The van der Waals surface area contributed by atoms with Gasteiger partial charge < -0.3 is 9.80 Å². The summed E-state index contributed by atoms with van der Waals surface area (Å²) in [6.45, 7) is 1.08. The first-order valence-corrected chi connectivity index (χ1v) is 9.00. The molecule has 1 aromatic heterocycles. The van der Waals surface area contributed by atoms with E-state index in [-0.39, 0.29) is 12.5 Å². The fourth-order valence-corrected chi connectivity index (χ4v) is 3.38. The molecule has 1 aliphatic heterocycles. The molecule has 2 aromatic rings. The molecule has 0 aliphatic carbocycles. The van der Waals surface area contributed by atoms with Crippen LogP contribution in [0, 0.1) is 0 Å². The molecule has 0 bridgehead atoms. The number of rotatable bonds is 4. The van der Waals surface area contributed by atoms with E-state index in [1.807, 2.05) is 0 Å². The number of piperazine rings is 1. The summed E-state index contributed by atoms with van der Waals surface area (Å²) in [4.78, 5) is 15.3. The highest BCUT2D eigenvalue weighted by Crippen LogP contribution is 2.24. The van der Waals surface area contributed by atoms with E-state index in [0.29, 0.717) is 24.5 Å². The third kappa shape index (κ3) is 3.34. The summed E-state index contributed by atoms with van der Waals surface area (Å²) in [6, 6.07) is 5.13. The largest absolute Gasteiger partial charge is 0.360 e. The zero-order chi connectivity index (χ0) is 18.2. The molecule has 0 spiro atoms. The van der Waals surface area contributed by atoms with Gasteiger partial charge >= 0.3 is 5.76 Å². The van der Waals surface area contributed by atoms with Crippen LogP contribution < -0.4 is 9.80 Å². The first-order chi connectivity index (χ1) is 11.8. The van der Waals surface area contributed by atoms with Gasteiger partial charge in [-0.25, -0.2) is 8.42 Å². The highest BCUT2D eigenvalue weighted by molar-refractivity contribution is 7.91. The van der Waals surface area contributed by atoms with Gasteiger partial charge in [-0.05, 0) is 24.3 Å². The number of anilines is 2. The fraction of sp³-hybridized carbons (Fsp3) is 0.333. The molecule has 0 N–H and O–H groups in total. The Morgan fingerprint density at radius 1 is 1.12 bits per heavy atom. The van der Waals surface area contributed by atoms with Gasteiger partial charge in [-0.2, -0.15) is 13.9 Å². The van der Waals surface area contributed by atoms with E-state index in [4.69, 9.17) is 0 Å². The van der Waals surface area contributed by atoms with Crippen LogP contribution in [-0.2, 0) is 21.7 Å². The van der Waals surface area contributed by atoms with E-state index in [1.54, 1.807) is 33.9 Å². The monoisotopic (exact) mass is 370 g/mol. The molecule has 0 saturated carbocycles. The highest BCUT2D eigenvalue weighted by Gasteiger charge is 2.28. The van der Waals surface area contributed by atoms with Crippen LogP contribution in [0.25, 0.3) is 0 Å². The first kappa shape index (κ1) is 17.3.